The minimum atomic E-state index is -0.390. The van der Waals surface area contributed by atoms with Crippen LogP contribution in [0.2, 0.25) is 0 Å². The number of fused-ring (bicyclic) bond motifs is 1. The van der Waals surface area contributed by atoms with E-state index < -0.39 is 0 Å². The van der Waals surface area contributed by atoms with E-state index in [0.717, 1.165) is 17.0 Å². The van der Waals surface area contributed by atoms with Crippen molar-refractivity contribution in [3.63, 3.8) is 0 Å². The molecule has 0 amide bonds. The van der Waals surface area contributed by atoms with Crippen LogP contribution in [-0.2, 0) is 11.2 Å². The summed E-state index contributed by atoms with van der Waals surface area (Å²) < 4.78 is 0. The van der Waals surface area contributed by atoms with Crippen LogP contribution in [0.3, 0.4) is 0 Å². The van der Waals surface area contributed by atoms with Crippen molar-refractivity contribution in [3.8, 4) is 10.7 Å². The van der Waals surface area contributed by atoms with Crippen LogP contribution < -0.4 is 0 Å². The molecule has 0 fully saturated rings. The second-order valence-electron chi connectivity index (χ2n) is 5.90. The van der Waals surface area contributed by atoms with Crippen LogP contribution in [0.25, 0.3) is 10.7 Å². The highest BCUT2D eigenvalue weighted by molar-refractivity contribution is 7.13. The number of benzene rings is 1. The maximum absolute atomic E-state index is 12.7. The lowest BCUT2D eigenvalue weighted by atomic mass is 9.96. The first-order valence-electron chi connectivity index (χ1n) is 8.11. The second kappa shape index (κ2) is 6.64. The monoisotopic (exact) mass is 348 g/mol. The van der Waals surface area contributed by atoms with Gasteiger partial charge >= 0.3 is 0 Å². The molecule has 1 unspecified atom stereocenters. The molecule has 1 atom stereocenters. The molecule has 6 heteroatoms. The van der Waals surface area contributed by atoms with Gasteiger partial charge in [0.2, 0.25) is 0 Å². The second-order valence-corrected chi connectivity index (χ2v) is 6.79. The zero-order chi connectivity index (χ0) is 17.2. The molecule has 1 aliphatic rings. The minimum absolute atomic E-state index is 0.134. The van der Waals surface area contributed by atoms with E-state index in [9.17, 15) is 4.79 Å². The Morgan fingerprint density at radius 2 is 2.04 bits per heavy atom. The molecule has 0 saturated carbocycles. The number of nitrogens with zero attached hydrogens (tertiary/aromatic N) is 4. The van der Waals surface area contributed by atoms with Gasteiger partial charge in [-0.1, -0.05) is 30.3 Å². The van der Waals surface area contributed by atoms with Crippen molar-refractivity contribution in [2.45, 2.75) is 25.7 Å². The van der Waals surface area contributed by atoms with Crippen LogP contribution in [0.5, 0.6) is 0 Å². The lowest BCUT2D eigenvalue weighted by molar-refractivity contribution is -0.119. The molecule has 1 aliphatic heterocycles. The first-order valence-corrected chi connectivity index (χ1v) is 8.99. The molecule has 124 valence electrons. The van der Waals surface area contributed by atoms with Gasteiger partial charge in [0.1, 0.15) is 28.0 Å². The maximum atomic E-state index is 12.7. The molecule has 3 aromatic rings. The number of aryl methyl sites for hydroxylation is 2. The number of thiazole rings is 1. The van der Waals surface area contributed by atoms with Crippen molar-refractivity contribution < 1.29 is 4.79 Å². The fraction of sp³-hybridized carbons (Fsp3) is 0.211. The molecule has 0 spiro atoms. The molecule has 4 rings (SSSR count). The van der Waals surface area contributed by atoms with Gasteiger partial charge in [-0.2, -0.15) is 0 Å². The van der Waals surface area contributed by atoms with Crippen LogP contribution in [0.15, 0.2) is 46.9 Å². The molecule has 2 aromatic heterocycles. The highest BCUT2D eigenvalue weighted by Gasteiger charge is 2.30. The zero-order valence-corrected chi connectivity index (χ0v) is 14.5. The largest absolute Gasteiger partial charge is 0.299 e. The van der Waals surface area contributed by atoms with Gasteiger partial charge in [-0.15, -0.1) is 11.3 Å². The third-order valence-corrected chi connectivity index (χ3v) is 4.93. The summed E-state index contributed by atoms with van der Waals surface area (Å²) in [6.07, 6.45) is 4.63. The van der Waals surface area contributed by atoms with Gasteiger partial charge in [0.25, 0.3) is 0 Å². The Bertz CT molecular complexity index is 936. The first kappa shape index (κ1) is 15.8. The number of ketones is 1. The molecule has 3 heterocycles. The van der Waals surface area contributed by atoms with Gasteiger partial charge in [0.15, 0.2) is 0 Å². The average molecular weight is 348 g/mol. The Morgan fingerprint density at radius 3 is 2.80 bits per heavy atom. The Hall–Kier alpha value is -2.73. The smallest absolute Gasteiger partial charge is 0.147 e. The summed E-state index contributed by atoms with van der Waals surface area (Å²) in [5, 5.41) is 2.71. The quantitative estimate of drug-likeness (QED) is 0.701. The van der Waals surface area contributed by atoms with Crippen molar-refractivity contribution in [2.24, 2.45) is 4.99 Å². The van der Waals surface area contributed by atoms with Crippen LogP contribution in [-0.4, -0.2) is 26.9 Å². The SMILES string of the molecule is Cc1nc(-c2nccs2)c2c(n1)C(C(=O)CCc1ccccc1)C=N2. The summed E-state index contributed by atoms with van der Waals surface area (Å²) >= 11 is 1.51. The van der Waals surface area contributed by atoms with Crippen LogP contribution in [0.4, 0.5) is 5.69 Å². The Morgan fingerprint density at radius 1 is 1.20 bits per heavy atom. The summed E-state index contributed by atoms with van der Waals surface area (Å²) in [4.78, 5) is 30.5. The van der Waals surface area contributed by atoms with Crippen molar-refractivity contribution in [1.82, 2.24) is 15.0 Å². The third kappa shape index (κ3) is 3.13. The summed E-state index contributed by atoms with van der Waals surface area (Å²) in [6, 6.07) is 10.0. The number of hydrogen-bond donors (Lipinski definition) is 0. The number of aliphatic imine (C=N–C) groups is 1. The van der Waals surface area contributed by atoms with Gasteiger partial charge in [-0.3, -0.25) is 9.79 Å². The fourth-order valence-electron chi connectivity index (χ4n) is 2.94. The number of carbonyl (C=O) groups is 1. The predicted octanol–water partition coefficient (Wildman–Crippen LogP) is 3.91. The van der Waals surface area contributed by atoms with E-state index in [-0.39, 0.29) is 11.7 Å². The fourth-order valence-corrected chi connectivity index (χ4v) is 3.57. The van der Waals surface area contributed by atoms with Crippen LogP contribution in [0, 0.1) is 6.92 Å². The molecular weight excluding hydrogens is 332 g/mol. The average Bonchev–Trinajstić information content (AvgIpc) is 3.29. The first-order chi connectivity index (χ1) is 12.2. The summed E-state index contributed by atoms with van der Waals surface area (Å²) in [5.74, 6) is 0.379. The molecule has 1 aromatic carbocycles. The molecule has 5 nitrogen and oxygen atoms in total. The molecule has 25 heavy (non-hydrogen) atoms. The van der Waals surface area contributed by atoms with Crippen molar-refractivity contribution in [2.75, 3.05) is 0 Å². The van der Waals surface area contributed by atoms with Crippen LogP contribution >= 0.6 is 11.3 Å². The van der Waals surface area contributed by atoms with Gasteiger partial charge in [0, 0.05) is 24.2 Å². The Labute approximate surface area is 149 Å². The van der Waals surface area contributed by atoms with Crippen LogP contribution in [0.1, 0.15) is 29.4 Å². The molecule has 0 radical (unpaired) electrons. The highest BCUT2D eigenvalue weighted by Crippen LogP contribution is 2.39. The third-order valence-electron chi connectivity index (χ3n) is 4.15. The number of aromatic nitrogens is 3. The summed E-state index contributed by atoms with van der Waals surface area (Å²) in [5.41, 5.74) is 3.26. The van der Waals surface area contributed by atoms with Gasteiger partial charge in [-0.05, 0) is 18.9 Å². The topological polar surface area (TPSA) is 68.1 Å². The van der Waals surface area contributed by atoms with E-state index in [1.807, 2.05) is 42.6 Å². The summed E-state index contributed by atoms with van der Waals surface area (Å²) in [7, 11) is 0. The number of Topliss-reactive ketones (excluding diaryl/α,β-unsaturated/α-hetero) is 1. The molecule has 0 bridgehead atoms. The Kier molecular flexibility index (Phi) is 4.19. The van der Waals surface area contributed by atoms with E-state index in [4.69, 9.17) is 0 Å². The Balaban J connectivity index is 1.59. The molecular formula is C19H16N4OS. The predicted molar refractivity (Wildman–Crippen MR) is 98.5 cm³/mol. The van der Waals surface area contributed by atoms with Crippen molar-refractivity contribution in [3.05, 3.63) is 59.0 Å². The van der Waals surface area contributed by atoms with E-state index in [0.29, 0.717) is 29.3 Å². The molecule has 0 saturated heterocycles. The van der Waals surface area contributed by atoms with E-state index in [1.54, 1.807) is 12.4 Å². The number of rotatable bonds is 5. The molecule has 0 aliphatic carbocycles. The number of hydrogen-bond acceptors (Lipinski definition) is 6. The molecule has 0 N–H and O–H groups in total. The van der Waals surface area contributed by atoms with Crippen molar-refractivity contribution in [1.29, 1.82) is 0 Å². The van der Waals surface area contributed by atoms with Gasteiger partial charge in [0.05, 0.1) is 11.6 Å². The van der Waals surface area contributed by atoms with Gasteiger partial charge in [-0.25, -0.2) is 15.0 Å². The van der Waals surface area contributed by atoms with Crippen molar-refractivity contribution >= 4 is 29.0 Å². The zero-order valence-electron chi connectivity index (χ0n) is 13.7. The van der Waals surface area contributed by atoms with E-state index in [1.165, 1.54) is 11.3 Å². The van der Waals surface area contributed by atoms with E-state index >= 15 is 0 Å². The lowest BCUT2D eigenvalue weighted by Crippen LogP contribution is -2.14. The van der Waals surface area contributed by atoms with E-state index in [2.05, 4.69) is 19.9 Å². The highest BCUT2D eigenvalue weighted by atomic mass is 32.1. The minimum Gasteiger partial charge on any atom is -0.299 e. The normalized spacial score (nSPS) is 15.3. The van der Waals surface area contributed by atoms with Gasteiger partial charge < -0.3 is 0 Å². The standard InChI is InChI=1S/C19H16N4OS/c1-12-22-16-14(15(24)8-7-13-5-3-2-4-6-13)11-21-17(16)18(23-12)19-20-9-10-25-19/h2-6,9-11,14H,7-8H2,1H3. The summed E-state index contributed by atoms with van der Waals surface area (Å²) in [6.45, 7) is 1.83. The maximum Gasteiger partial charge on any atom is 0.147 e. The lowest BCUT2D eigenvalue weighted by Gasteiger charge is -2.10. The number of carbonyl (C=O) groups excluding carboxylic acids is 1.